The van der Waals surface area contributed by atoms with Gasteiger partial charge in [-0.2, -0.15) is 0 Å². The van der Waals surface area contributed by atoms with Gasteiger partial charge in [-0.1, -0.05) is 6.07 Å². The van der Waals surface area contributed by atoms with Gasteiger partial charge in [-0.3, -0.25) is 19.8 Å². The van der Waals surface area contributed by atoms with E-state index in [1.54, 1.807) is 6.07 Å². The number of non-ortho nitro benzene ring substituents is 1. The predicted octanol–water partition coefficient (Wildman–Crippen LogP) is 1.06. The second kappa shape index (κ2) is 8.37. The Kier molecular flexibility index (Phi) is 5.95. The van der Waals surface area contributed by atoms with Crippen LogP contribution < -0.4 is 5.32 Å². The van der Waals surface area contributed by atoms with Gasteiger partial charge in [0, 0.05) is 55.9 Å². The lowest BCUT2D eigenvalue weighted by Gasteiger charge is -2.37. The van der Waals surface area contributed by atoms with Gasteiger partial charge in [-0.25, -0.2) is 0 Å². The monoisotopic (exact) mass is 349 g/mol. The van der Waals surface area contributed by atoms with E-state index in [0.717, 1.165) is 26.1 Å². The number of nitrogens with one attached hydrogen (secondary N) is 1. The number of nitro groups is 1. The Morgan fingerprint density at radius 3 is 2.80 bits per heavy atom. The van der Waals surface area contributed by atoms with E-state index in [4.69, 9.17) is 9.47 Å². The number of nitro benzene ring substituents is 1. The minimum Gasteiger partial charge on any atom is -0.381 e. The van der Waals surface area contributed by atoms with Gasteiger partial charge in [-0.05, 0) is 12.5 Å². The van der Waals surface area contributed by atoms with Gasteiger partial charge in [0.2, 0.25) is 0 Å². The zero-order valence-electron chi connectivity index (χ0n) is 14.1. The number of hydrogen-bond donors (Lipinski definition) is 1. The molecule has 1 aromatic rings. The molecule has 0 unspecified atom stereocenters. The predicted molar refractivity (Wildman–Crippen MR) is 90.5 cm³/mol. The molecule has 0 aliphatic carbocycles. The number of ether oxygens (including phenoxy) is 2. The number of hydrogen-bond acceptors (Lipinski definition) is 6. The highest BCUT2D eigenvalue weighted by atomic mass is 16.6. The summed E-state index contributed by atoms with van der Waals surface area (Å²) in [5.74, 6) is 0.0874. The zero-order chi connectivity index (χ0) is 17.6. The Balaban J connectivity index is 1.64. The van der Waals surface area contributed by atoms with Crippen molar-refractivity contribution < 1.29 is 19.2 Å². The van der Waals surface area contributed by atoms with Crippen LogP contribution in [0, 0.1) is 16.0 Å². The maximum atomic E-state index is 12.4. The van der Waals surface area contributed by atoms with Crippen LogP contribution in [-0.2, 0) is 9.47 Å². The number of morpholine rings is 1. The summed E-state index contributed by atoms with van der Waals surface area (Å²) < 4.78 is 10.9. The summed E-state index contributed by atoms with van der Waals surface area (Å²) in [6.07, 6.45) is 0.981. The second-order valence-electron chi connectivity index (χ2n) is 6.36. The van der Waals surface area contributed by atoms with Gasteiger partial charge in [0.25, 0.3) is 11.6 Å². The quantitative estimate of drug-likeness (QED) is 0.610. The first-order valence-electron chi connectivity index (χ1n) is 8.57. The first kappa shape index (κ1) is 17.8. The summed E-state index contributed by atoms with van der Waals surface area (Å²) in [6.45, 7) is 5.03. The molecule has 2 heterocycles. The summed E-state index contributed by atoms with van der Waals surface area (Å²) in [5.41, 5.74) is 0.221. The molecular formula is C17H23N3O5. The lowest BCUT2D eigenvalue weighted by molar-refractivity contribution is -0.384. The van der Waals surface area contributed by atoms with E-state index in [1.807, 2.05) is 0 Å². The minimum atomic E-state index is -0.497. The van der Waals surface area contributed by atoms with Gasteiger partial charge in [0.05, 0.1) is 24.7 Å². The van der Waals surface area contributed by atoms with Gasteiger partial charge < -0.3 is 14.8 Å². The first-order chi connectivity index (χ1) is 12.1. The molecule has 2 aliphatic rings. The van der Waals surface area contributed by atoms with Crippen molar-refractivity contribution in [2.24, 2.45) is 5.92 Å². The van der Waals surface area contributed by atoms with Crippen molar-refractivity contribution in [2.75, 3.05) is 46.1 Å². The number of amides is 1. The lowest BCUT2D eigenvalue weighted by atomic mass is 9.96. The molecule has 1 aromatic carbocycles. The standard InChI is InChI=1S/C17H23N3O5/c21-17(13-2-1-3-15(10-13)20(22)23)18-11-16(14-4-7-25-12-14)19-5-8-24-9-6-19/h1-3,10,14,16H,4-9,11-12H2,(H,18,21)/t14-,16-/m1/s1. The van der Waals surface area contributed by atoms with E-state index in [1.165, 1.54) is 18.2 Å². The first-order valence-corrected chi connectivity index (χ1v) is 8.57. The van der Waals surface area contributed by atoms with Gasteiger partial charge >= 0.3 is 0 Å². The summed E-state index contributed by atoms with van der Waals surface area (Å²) in [5, 5.41) is 13.8. The SMILES string of the molecule is O=C(NC[C@H]([C@@H]1CCOC1)N1CCOCC1)c1cccc([N+](=O)[O-])c1. The lowest BCUT2D eigenvalue weighted by Crippen LogP contribution is -2.52. The Bertz CT molecular complexity index is 612. The van der Waals surface area contributed by atoms with Crippen molar-refractivity contribution in [3.63, 3.8) is 0 Å². The molecule has 2 atom stereocenters. The largest absolute Gasteiger partial charge is 0.381 e. The van der Waals surface area contributed by atoms with Gasteiger partial charge in [-0.15, -0.1) is 0 Å². The van der Waals surface area contributed by atoms with Crippen LogP contribution in [-0.4, -0.2) is 67.8 Å². The van der Waals surface area contributed by atoms with Crippen LogP contribution in [0.5, 0.6) is 0 Å². The number of benzene rings is 1. The molecule has 8 nitrogen and oxygen atoms in total. The summed E-state index contributed by atoms with van der Waals surface area (Å²) in [7, 11) is 0. The number of carbonyl (C=O) groups is 1. The fraction of sp³-hybridized carbons (Fsp3) is 0.588. The summed E-state index contributed by atoms with van der Waals surface area (Å²) in [4.78, 5) is 25.1. The van der Waals surface area contributed by atoms with Gasteiger partial charge in [0.15, 0.2) is 0 Å². The Labute approximate surface area is 146 Å². The molecule has 3 rings (SSSR count). The molecule has 0 radical (unpaired) electrons. The highest BCUT2D eigenvalue weighted by molar-refractivity contribution is 5.94. The van der Waals surface area contributed by atoms with E-state index < -0.39 is 4.92 Å². The third-order valence-corrected chi connectivity index (χ3v) is 4.81. The molecule has 136 valence electrons. The average Bonchev–Trinajstić information content (AvgIpc) is 3.17. The number of nitrogens with zero attached hydrogens (tertiary/aromatic N) is 2. The molecule has 2 aliphatic heterocycles. The van der Waals surface area contributed by atoms with E-state index in [2.05, 4.69) is 10.2 Å². The second-order valence-corrected chi connectivity index (χ2v) is 6.36. The maximum Gasteiger partial charge on any atom is 0.270 e. The average molecular weight is 349 g/mol. The molecule has 25 heavy (non-hydrogen) atoms. The van der Waals surface area contributed by atoms with Crippen molar-refractivity contribution in [2.45, 2.75) is 12.5 Å². The Hall–Kier alpha value is -2.03. The molecule has 2 saturated heterocycles. The fourth-order valence-corrected chi connectivity index (χ4v) is 3.42. The molecule has 0 spiro atoms. The topological polar surface area (TPSA) is 93.9 Å². The summed E-state index contributed by atoms with van der Waals surface area (Å²) in [6, 6.07) is 5.98. The summed E-state index contributed by atoms with van der Waals surface area (Å²) >= 11 is 0. The van der Waals surface area contributed by atoms with Crippen LogP contribution in [0.2, 0.25) is 0 Å². The molecule has 0 saturated carbocycles. The van der Waals surface area contributed by atoms with Crippen molar-refractivity contribution in [1.29, 1.82) is 0 Å². The van der Waals surface area contributed by atoms with Crippen LogP contribution in [0.3, 0.4) is 0 Å². The van der Waals surface area contributed by atoms with E-state index in [0.29, 0.717) is 37.8 Å². The fourth-order valence-electron chi connectivity index (χ4n) is 3.42. The van der Waals surface area contributed by atoms with Gasteiger partial charge in [0.1, 0.15) is 0 Å². The van der Waals surface area contributed by atoms with Crippen LogP contribution in [0.1, 0.15) is 16.8 Å². The zero-order valence-corrected chi connectivity index (χ0v) is 14.1. The van der Waals surface area contributed by atoms with E-state index in [9.17, 15) is 14.9 Å². The normalized spacial score (nSPS) is 22.5. The van der Waals surface area contributed by atoms with Crippen LogP contribution in [0.25, 0.3) is 0 Å². The molecule has 8 heteroatoms. The highest BCUT2D eigenvalue weighted by Crippen LogP contribution is 2.22. The third-order valence-electron chi connectivity index (χ3n) is 4.81. The van der Waals surface area contributed by atoms with Crippen molar-refractivity contribution in [3.8, 4) is 0 Å². The number of carbonyl (C=O) groups excluding carboxylic acids is 1. The maximum absolute atomic E-state index is 12.4. The van der Waals surface area contributed by atoms with Crippen molar-refractivity contribution >= 4 is 11.6 Å². The van der Waals surface area contributed by atoms with Crippen LogP contribution in [0.15, 0.2) is 24.3 Å². The Morgan fingerprint density at radius 2 is 2.12 bits per heavy atom. The van der Waals surface area contributed by atoms with E-state index >= 15 is 0 Å². The molecule has 0 aromatic heterocycles. The smallest absolute Gasteiger partial charge is 0.270 e. The molecule has 0 bridgehead atoms. The molecular weight excluding hydrogens is 326 g/mol. The minimum absolute atomic E-state index is 0.0819. The van der Waals surface area contributed by atoms with Crippen LogP contribution >= 0.6 is 0 Å². The number of rotatable bonds is 6. The molecule has 2 fully saturated rings. The molecule has 1 amide bonds. The van der Waals surface area contributed by atoms with E-state index in [-0.39, 0.29) is 17.6 Å². The third kappa shape index (κ3) is 4.53. The van der Waals surface area contributed by atoms with Crippen molar-refractivity contribution in [1.82, 2.24) is 10.2 Å². The van der Waals surface area contributed by atoms with Crippen molar-refractivity contribution in [3.05, 3.63) is 39.9 Å². The molecule has 1 N–H and O–H groups in total. The Morgan fingerprint density at radius 1 is 1.32 bits per heavy atom. The highest BCUT2D eigenvalue weighted by Gasteiger charge is 2.31. The van der Waals surface area contributed by atoms with Crippen LogP contribution in [0.4, 0.5) is 5.69 Å².